The van der Waals surface area contributed by atoms with Gasteiger partial charge in [-0.2, -0.15) is 0 Å². The smallest absolute Gasteiger partial charge is 0.388 e. The molecule has 4 atom stereocenters. The molecule has 84 valence electrons. The first kappa shape index (κ1) is 12.0. The van der Waals surface area contributed by atoms with Crippen molar-refractivity contribution in [1.82, 2.24) is 0 Å². The molecule has 1 saturated heterocycles. The van der Waals surface area contributed by atoms with Crippen molar-refractivity contribution in [1.29, 1.82) is 0 Å². The Hall–Kier alpha value is -0.0500. The van der Waals surface area contributed by atoms with Gasteiger partial charge in [-0.3, -0.25) is 4.52 Å². The molecule has 0 aromatic carbocycles. The Morgan fingerprint density at radius 2 is 1.86 bits per heavy atom. The summed E-state index contributed by atoms with van der Waals surface area (Å²) < 4.78 is 19.0. The van der Waals surface area contributed by atoms with Crippen LogP contribution in [-0.2, 0) is 13.8 Å². The maximum Gasteiger partial charge on any atom is 0.470 e. The highest BCUT2D eigenvalue weighted by atomic mass is 31.2. The van der Waals surface area contributed by atoms with Crippen LogP contribution in [0.15, 0.2) is 0 Å². The minimum Gasteiger partial charge on any atom is -0.388 e. The monoisotopic (exact) mass is 230 g/mol. The van der Waals surface area contributed by atoms with E-state index in [1.165, 1.54) is 0 Å². The fraction of sp³-hybridized carbons (Fsp3) is 1.00. The molecule has 1 heterocycles. The van der Waals surface area contributed by atoms with Gasteiger partial charge in [0.1, 0.15) is 18.3 Å². The van der Waals surface area contributed by atoms with Gasteiger partial charge in [-0.05, 0) is 0 Å². The number of aliphatic hydroxyl groups excluding tert-OH is 3. The summed E-state index contributed by atoms with van der Waals surface area (Å²) in [5.41, 5.74) is 0. The number of phosphoric ester groups is 1. The van der Waals surface area contributed by atoms with E-state index in [-0.39, 0.29) is 6.61 Å². The predicted octanol–water partition coefficient (Wildman–Crippen LogP) is -2.47. The molecule has 14 heavy (non-hydrogen) atoms. The molecule has 0 spiro atoms. The topological polar surface area (TPSA) is 137 Å². The second-order valence-electron chi connectivity index (χ2n) is 2.84. The van der Waals surface area contributed by atoms with E-state index in [9.17, 15) is 9.67 Å². The van der Waals surface area contributed by atoms with Crippen molar-refractivity contribution in [3.05, 3.63) is 0 Å². The minimum absolute atomic E-state index is 0.330. The second-order valence-corrected chi connectivity index (χ2v) is 4.03. The molecule has 0 bridgehead atoms. The summed E-state index contributed by atoms with van der Waals surface area (Å²) in [6.45, 7) is -0.330. The molecular formula is C5H11O8P. The fourth-order valence-corrected chi connectivity index (χ4v) is 1.60. The lowest BCUT2D eigenvalue weighted by Gasteiger charge is -2.34. The van der Waals surface area contributed by atoms with Crippen molar-refractivity contribution in [2.45, 2.75) is 24.6 Å². The summed E-state index contributed by atoms with van der Waals surface area (Å²) in [4.78, 5) is 16.8. The Morgan fingerprint density at radius 1 is 1.29 bits per heavy atom. The SMILES string of the molecule is O=P(O)(O)O[C@@H]1[C@@H](O)[C@@H](O)CO[C@H]1O. The first-order chi connectivity index (χ1) is 6.31. The number of phosphoric acid groups is 1. The van der Waals surface area contributed by atoms with Crippen LogP contribution in [0, 0.1) is 0 Å². The molecule has 9 heteroatoms. The molecule has 0 amide bonds. The van der Waals surface area contributed by atoms with Crippen molar-refractivity contribution in [3.63, 3.8) is 0 Å². The molecule has 0 aromatic heterocycles. The van der Waals surface area contributed by atoms with Crippen molar-refractivity contribution in [3.8, 4) is 0 Å². The number of hydrogen-bond acceptors (Lipinski definition) is 6. The lowest BCUT2D eigenvalue weighted by atomic mass is 10.1. The maximum atomic E-state index is 10.4. The first-order valence-electron chi connectivity index (χ1n) is 3.71. The third-order valence-electron chi connectivity index (χ3n) is 1.71. The third kappa shape index (κ3) is 2.97. The molecular weight excluding hydrogens is 219 g/mol. The van der Waals surface area contributed by atoms with Gasteiger partial charge in [-0.15, -0.1) is 0 Å². The van der Waals surface area contributed by atoms with E-state index < -0.39 is 32.4 Å². The molecule has 0 radical (unpaired) electrons. The highest BCUT2D eigenvalue weighted by Gasteiger charge is 2.42. The van der Waals surface area contributed by atoms with Gasteiger partial charge in [0.2, 0.25) is 0 Å². The Bertz CT molecular complexity index is 238. The summed E-state index contributed by atoms with van der Waals surface area (Å²) >= 11 is 0. The quantitative estimate of drug-likeness (QED) is 0.329. The zero-order chi connectivity index (χ0) is 10.9. The average molecular weight is 230 g/mol. The van der Waals surface area contributed by atoms with E-state index in [1.54, 1.807) is 0 Å². The van der Waals surface area contributed by atoms with E-state index in [1.807, 2.05) is 0 Å². The third-order valence-corrected chi connectivity index (χ3v) is 2.23. The molecule has 1 aliphatic rings. The highest BCUT2D eigenvalue weighted by molar-refractivity contribution is 7.46. The second kappa shape index (κ2) is 4.21. The Balaban J connectivity index is 2.68. The fourth-order valence-electron chi connectivity index (χ4n) is 1.05. The van der Waals surface area contributed by atoms with Crippen LogP contribution < -0.4 is 0 Å². The molecule has 0 saturated carbocycles. The maximum absolute atomic E-state index is 10.4. The number of ether oxygens (including phenoxy) is 1. The molecule has 0 unspecified atom stereocenters. The summed E-state index contributed by atoms with van der Waals surface area (Å²) in [6, 6.07) is 0. The van der Waals surface area contributed by atoms with Crippen molar-refractivity contribution in [2.75, 3.05) is 6.61 Å². The van der Waals surface area contributed by atoms with Gasteiger partial charge < -0.3 is 29.8 Å². The van der Waals surface area contributed by atoms with Crippen molar-refractivity contribution < 1.29 is 38.9 Å². The Labute approximate surface area is 78.9 Å². The molecule has 1 fully saturated rings. The van der Waals surface area contributed by atoms with Gasteiger partial charge in [0, 0.05) is 0 Å². The zero-order valence-corrected chi connectivity index (χ0v) is 7.82. The van der Waals surface area contributed by atoms with Crippen LogP contribution in [0.3, 0.4) is 0 Å². The molecule has 1 rings (SSSR count). The first-order valence-corrected chi connectivity index (χ1v) is 5.24. The van der Waals surface area contributed by atoms with E-state index in [4.69, 9.17) is 20.0 Å². The molecule has 1 aliphatic heterocycles. The van der Waals surface area contributed by atoms with Crippen LogP contribution in [0.25, 0.3) is 0 Å². The van der Waals surface area contributed by atoms with Gasteiger partial charge >= 0.3 is 7.82 Å². The minimum atomic E-state index is -4.85. The number of hydrogen-bond donors (Lipinski definition) is 5. The zero-order valence-electron chi connectivity index (χ0n) is 6.92. The van der Waals surface area contributed by atoms with Gasteiger partial charge in [-0.25, -0.2) is 4.57 Å². The standard InChI is InChI=1S/C5H11O8P/c6-2-1-12-5(8)4(3(2)7)13-14(9,10)11/h2-8H,1H2,(H2,9,10,11)/t2-,3-,4+,5+/m0/s1. The van der Waals surface area contributed by atoms with Crippen LogP contribution in [-0.4, -0.2) is 56.3 Å². The molecule has 0 aromatic rings. The van der Waals surface area contributed by atoms with Crippen molar-refractivity contribution >= 4 is 7.82 Å². The van der Waals surface area contributed by atoms with Crippen molar-refractivity contribution in [2.24, 2.45) is 0 Å². The van der Waals surface area contributed by atoms with Gasteiger partial charge in [0.25, 0.3) is 0 Å². The summed E-state index contributed by atoms with van der Waals surface area (Å²) in [6.07, 6.45) is -6.30. The number of aliphatic hydroxyl groups is 3. The van der Waals surface area contributed by atoms with Gasteiger partial charge in [0.15, 0.2) is 6.29 Å². The molecule has 8 nitrogen and oxygen atoms in total. The largest absolute Gasteiger partial charge is 0.470 e. The van der Waals surface area contributed by atoms with Crippen LogP contribution in [0.5, 0.6) is 0 Å². The Morgan fingerprint density at radius 3 is 2.36 bits per heavy atom. The van der Waals surface area contributed by atoms with Crippen LogP contribution >= 0.6 is 7.82 Å². The van der Waals surface area contributed by atoms with E-state index >= 15 is 0 Å². The predicted molar refractivity (Wildman–Crippen MR) is 40.9 cm³/mol. The summed E-state index contributed by atoms with van der Waals surface area (Å²) in [5, 5.41) is 27.3. The highest BCUT2D eigenvalue weighted by Crippen LogP contribution is 2.40. The van der Waals surface area contributed by atoms with E-state index in [0.717, 1.165) is 0 Å². The Kier molecular flexibility index (Phi) is 3.62. The lowest BCUT2D eigenvalue weighted by Crippen LogP contribution is -2.53. The van der Waals surface area contributed by atoms with Crippen LogP contribution in [0.2, 0.25) is 0 Å². The van der Waals surface area contributed by atoms with Gasteiger partial charge in [-0.1, -0.05) is 0 Å². The number of rotatable bonds is 2. The summed E-state index contributed by atoms with van der Waals surface area (Å²) in [5.74, 6) is 0. The van der Waals surface area contributed by atoms with Crippen LogP contribution in [0.4, 0.5) is 0 Å². The summed E-state index contributed by atoms with van der Waals surface area (Å²) in [7, 11) is -4.85. The van der Waals surface area contributed by atoms with E-state index in [2.05, 4.69) is 9.26 Å². The van der Waals surface area contributed by atoms with E-state index in [0.29, 0.717) is 0 Å². The van der Waals surface area contributed by atoms with Crippen LogP contribution in [0.1, 0.15) is 0 Å². The normalized spacial score (nSPS) is 39.8. The lowest BCUT2D eigenvalue weighted by molar-refractivity contribution is -0.247. The average Bonchev–Trinajstić information content (AvgIpc) is 2.04. The molecule has 0 aliphatic carbocycles. The molecule has 5 N–H and O–H groups in total. The van der Waals surface area contributed by atoms with Gasteiger partial charge in [0.05, 0.1) is 6.61 Å².